The second-order valence-electron chi connectivity index (χ2n) is 7.77. The number of carbonyl (C=O) groups excluding carboxylic acids is 1. The number of nitrogens with one attached hydrogen (secondary N) is 1. The highest BCUT2D eigenvalue weighted by atomic mass is 35.5. The Morgan fingerprint density at radius 2 is 1.65 bits per heavy atom. The molecule has 6 nitrogen and oxygen atoms in total. The lowest BCUT2D eigenvalue weighted by atomic mass is 10.1. The lowest BCUT2D eigenvalue weighted by molar-refractivity contribution is -0.114. The molecule has 0 aromatic heterocycles. The van der Waals surface area contributed by atoms with Crippen molar-refractivity contribution in [2.24, 2.45) is 0 Å². The molecule has 0 spiro atoms. The predicted molar refractivity (Wildman–Crippen MR) is 138 cm³/mol. The van der Waals surface area contributed by atoms with Crippen LogP contribution in [0.1, 0.15) is 23.6 Å². The Bertz CT molecular complexity index is 1310. The van der Waals surface area contributed by atoms with Crippen LogP contribution in [0.2, 0.25) is 10.0 Å². The maximum Gasteiger partial charge on any atom is 0.266 e. The summed E-state index contributed by atoms with van der Waals surface area (Å²) >= 11 is 12.4. The van der Waals surface area contributed by atoms with Gasteiger partial charge in [-0.15, -0.1) is 0 Å². The van der Waals surface area contributed by atoms with E-state index in [0.29, 0.717) is 34.3 Å². The van der Waals surface area contributed by atoms with Crippen molar-refractivity contribution < 1.29 is 17.9 Å². The number of ether oxygens (including phenoxy) is 1. The highest BCUT2D eigenvalue weighted by Crippen LogP contribution is 2.34. The van der Waals surface area contributed by atoms with Gasteiger partial charge in [-0.2, -0.15) is 0 Å². The Morgan fingerprint density at radius 1 is 0.971 bits per heavy atom. The van der Waals surface area contributed by atoms with Gasteiger partial charge >= 0.3 is 0 Å². The summed E-state index contributed by atoms with van der Waals surface area (Å²) in [5.74, 6) is 0.170. The van der Waals surface area contributed by atoms with Gasteiger partial charge in [-0.1, -0.05) is 35.3 Å². The second-order valence-corrected chi connectivity index (χ2v) is 10.4. The molecule has 0 aliphatic rings. The Hall–Kier alpha value is -2.74. The minimum atomic E-state index is -4.20. The minimum absolute atomic E-state index is 0.0159. The van der Waals surface area contributed by atoms with Crippen LogP contribution in [0.4, 0.5) is 11.4 Å². The third-order valence-corrected chi connectivity index (χ3v) is 7.99. The maximum absolute atomic E-state index is 13.8. The fourth-order valence-electron chi connectivity index (χ4n) is 3.38. The molecule has 34 heavy (non-hydrogen) atoms. The first-order chi connectivity index (χ1) is 16.0. The van der Waals surface area contributed by atoms with Crippen molar-refractivity contribution in [3.05, 3.63) is 81.3 Å². The summed E-state index contributed by atoms with van der Waals surface area (Å²) in [4.78, 5) is 12.9. The molecule has 3 aromatic rings. The van der Waals surface area contributed by atoms with Gasteiger partial charge < -0.3 is 10.1 Å². The SMILES string of the molecule is CCOc1ccc(NC(=O)CN(c2cccc(C)c2C)S(=O)(=O)c2cc(C)c(Cl)cc2Cl)cc1. The zero-order chi connectivity index (χ0) is 25.0. The number of carbonyl (C=O) groups is 1. The van der Waals surface area contributed by atoms with Gasteiger partial charge in [0.15, 0.2) is 0 Å². The van der Waals surface area contributed by atoms with E-state index < -0.39 is 22.5 Å². The van der Waals surface area contributed by atoms with Crippen molar-refractivity contribution in [1.29, 1.82) is 0 Å². The molecule has 3 aromatic carbocycles. The van der Waals surface area contributed by atoms with Gasteiger partial charge in [0, 0.05) is 10.7 Å². The van der Waals surface area contributed by atoms with E-state index in [4.69, 9.17) is 27.9 Å². The van der Waals surface area contributed by atoms with E-state index in [-0.39, 0.29) is 9.92 Å². The molecule has 0 saturated heterocycles. The Morgan fingerprint density at radius 3 is 2.29 bits per heavy atom. The van der Waals surface area contributed by atoms with Crippen molar-refractivity contribution >= 4 is 50.5 Å². The van der Waals surface area contributed by atoms with Gasteiger partial charge in [0.25, 0.3) is 10.0 Å². The van der Waals surface area contributed by atoms with Crippen molar-refractivity contribution in [2.75, 3.05) is 22.8 Å². The molecule has 180 valence electrons. The maximum atomic E-state index is 13.8. The fourth-order valence-corrected chi connectivity index (χ4v) is 5.67. The van der Waals surface area contributed by atoms with E-state index in [1.54, 1.807) is 43.3 Å². The molecule has 0 fully saturated rings. The van der Waals surface area contributed by atoms with E-state index in [9.17, 15) is 13.2 Å². The molecule has 0 aliphatic carbocycles. The smallest absolute Gasteiger partial charge is 0.266 e. The molecule has 0 bridgehead atoms. The van der Waals surface area contributed by atoms with Crippen molar-refractivity contribution in [3.8, 4) is 5.75 Å². The number of hydrogen-bond donors (Lipinski definition) is 1. The number of rotatable bonds is 8. The molecule has 0 atom stereocenters. The average Bonchev–Trinajstić information content (AvgIpc) is 2.78. The zero-order valence-corrected chi connectivity index (χ0v) is 21.7. The summed E-state index contributed by atoms with van der Waals surface area (Å²) in [5.41, 5.74) is 3.10. The summed E-state index contributed by atoms with van der Waals surface area (Å²) in [6.45, 7) is 7.35. The van der Waals surface area contributed by atoms with Crippen LogP contribution >= 0.6 is 23.2 Å². The van der Waals surface area contributed by atoms with Crippen LogP contribution in [0, 0.1) is 20.8 Å². The van der Waals surface area contributed by atoms with Crippen molar-refractivity contribution in [3.63, 3.8) is 0 Å². The minimum Gasteiger partial charge on any atom is -0.494 e. The molecule has 3 rings (SSSR count). The van der Waals surface area contributed by atoms with Gasteiger partial charge in [-0.25, -0.2) is 8.42 Å². The highest BCUT2D eigenvalue weighted by Gasteiger charge is 2.31. The molecule has 9 heteroatoms. The van der Waals surface area contributed by atoms with Crippen LogP contribution in [-0.4, -0.2) is 27.5 Å². The third kappa shape index (κ3) is 5.66. The van der Waals surface area contributed by atoms with Crippen LogP contribution in [0.15, 0.2) is 59.5 Å². The Kier molecular flexibility index (Phi) is 8.13. The first-order valence-corrected chi connectivity index (χ1v) is 12.8. The van der Waals surface area contributed by atoms with E-state index in [2.05, 4.69) is 5.32 Å². The normalized spacial score (nSPS) is 11.2. The molecule has 0 heterocycles. The van der Waals surface area contributed by atoms with Gasteiger partial charge in [0.1, 0.15) is 17.2 Å². The van der Waals surface area contributed by atoms with Crippen LogP contribution in [-0.2, 0) is 14.8 Å². The standard InChI is InChI=1S/C25H26Cl2N2O4S/c1-5-33-20-11-9-19(10-12-20)28-25(30)15-29(23-8-6-7-16(2)18(23)4)34(31,32)24-13-17(3)21(26)14-22(24)27/h6-14H,5,15H2,1-4H3,(H,28,30). The molecule has 1 amide bonds. The van der Waals surface area contributed by atoms with Crippen LogP contribution in [0.3, 0.4) is 0 Å². The third-order valence-electron chi connectivity index (χ3n) is 5.36. The number of amides is 1. The Labute approximate surface area is 210 Å². The lowest BCUT2D eigenvalue weighted by Crippen LogP contribution is -2.38. The molecule has 1 N–H and O–H groups in total. The number of hydrogen-bond acceptors (Lipinski definition) is 4. The quantitative estimate of drug-likeness (QED) is 0.386. The van der Waals surface area contributed by atoms with Gasteiger partial charge in [-0.05, 0) is 86.8 Å². The largest absolute Gasteiger partial charge is 0.494 e. The molecule has 0 aliphatic heterocycles. The summed E-state index contributed by atoms with van der Waals surface area (Å²) in [5, 5.41) is 3.09. The van der Waals surface area contributed by atoms with Crippen LogP contribution in [0.25, 0.3) is 0 Å². The first-order valence-electron chi connectivity index (χ1n) is 10.6. The van der Waals surface area contributed by atoms with Gasteiger partial charge in [-0.3, -0.25) is 9.10 Å². The van der Waals surface area contributed by atoms with E-state index in [1.807, 2.05) is 26.8 Å². The summed E-state index contributed by atoms with van der Waals surface area (Å²) < 4.78 is 34.1. The second kappa shape index (κ2) is 10.7. The highest BCUT2D eigenvalue weighted by molar-refractivity contribution is 7.93. The molecule has 0 radical (unpaired) electrons. The van der Waals surface area contributed by atoms with Crippen molar-refractivity contribution in [1.82, 2.24) is 0 Å². The lowest BCUT2D eigenvalue weighted by Gasteiger charge is -2.27. The van der Waals surface area contributed by atoms with Crippen molar-refractivity contribution in [2.45, 2.75) is 32.6 Å². The average molecular weight is 521 g/mol. The topological polar surface area (TPSA) is 75.7 Å². The summed E-state index contributed by atoms with van der Waals surface area (Å²) in [7, 11) is -4.20. The monoisotopic (exact) mass is 520 g/mol. The van der Waals surface area contributed by atoms with E-state index in [1.165, 1.54) is 12.1 Å². The van der Waals surface area contributed by atoms with E-state index in [0.717, 1.165) is 15.4 Å². The first kappa shape index (κ1) is 25.9. The summed E-state index contributed by atoms with van der Waals surface area (Å²) in [6.07, 6.45) is 0. The van der Waals surface area contributed by atoms with Crippen LogP contribution < -0.4 is 14.4 Å². The van der Waals surface area contributed by atoms with Gasteiger partial charge in [0.2, 0.25) is 5.91 Å². The van der Waals surface area contributed by atoms with Gasteiger partial charge in [0.05, 0.1) is 17.3 Å². The number of anilines is 2. The number of nitrogens with zero attached hydrogens (tertiary/aromatic N) is 1. The molecular weight excluding hydrogens is 495 g/mol. The molecule has 0 unspecified atom stereocenters. The Balaban J connectivity index is 2.00. The molecule has 0 saturated carbocycles. The van der Waals surface area contributed by atoms with E-state index >= 15 is 0 Å². The number of sulfonamides is 1. The predicted octanol–water partition coefficient (Wildman–Crippen LogP) is 6.15. The van der Waals surface area contributed by atoms with Crippen LogP contribution in [0.5, 0.6) is 5.75 Å². The fraction of sp³-hybridized carbons (Fsp3) is 0.240. The molecular formula is C25H26Cl2N2O4S. The zero-order valence-electron chi connectivity index (χ0n) is 19.4. The number of aryl methyl sites for hydroxylation is 2. The number of halogens is 2. The number of benzene rings is 3. The summed E-state index contributed by atoms with van der Waals surface area (Å²) in [6, 6.07) is 15.0.